The van der Waals surface area contributed by atoms with Gasteiger partial charge < -0.3 is 20.6 Å². The number of carboxylic acids is 1. The van der Waals surface area contributed by atoms with Crippen LogP contribution in [0.1, 0.15) is 96.7 Å². The second kappa shape index (κ2) is 25.2. The zero-order chi connectivity index (χ0) is 38.4. The average molecular weight is 858 g/mol. The van der Waals surface area contributed by atoms with Gasteiger partial charge in [-0.15, -0.1) is 11.3 Å². The SMILES string of the molecule is CCCCCCc1n[n-]c(-c2cc(/C=C/c3ccc(CCCCCC)s3)ccn2)n1.O=C(O)c1ccnc(-c2cccc(-c3ccccn3)n2)c1.[N-]=C=S.[Ru+2]. The van der Waals surface area contributed by atoms with E-state index in [4.69, 9.17) is 10.5 Å². The predicted octanol–water partition coefficient (Wildman–Crippen LogP) is 10.5. The van der Waals surface area contributed by atoms with Crippen molar-refractivity contribution in [1.29, 1.82) is 0 Å². The third kappa shape index (κ3) is 15.4. The molecule has 0 aliphatic heterocycles. The Labute approximate surface area is 345 Å². The molecule has 6 aromatic rings. The van der Waals surface area contributed by atoms with Crippen molar-refractivity contribution in [3.63, 3.8) is 0 Å². The molecule has 0 atom stereocenters. The zero-order valence-corrected chi connectivity index (χ0v) is 34.4. The van der Waals surface area contributed by atoms with Gasteiger partial charge in [-0.05, 0) is 104 Å². The molecule has 0 fully saturated rings. The number of thiophene rings is 1. The van der Waals surface area contributed by atoms with Crippen LogP contribution >= 0.6 is 23.6 Å². The van der Waals surface area contributed by atoms with E-state index in [9.17, 15) is 4.79 Å². The second-order valence-electron chi connectivity index (χ2n) is 12.2. The van der Waals surface area contributed by atoms with Crippen LogP contribution in [0.5, 0.6) is 0 Å². The first-order valence-electron chi connectivity index (χ1n) is 18.1. The summed E-state index contributed by atoms with van der Waals surface area (Å²) in [6.07, 6.45) is 21.5. The summed E-state index contributed by atoms with van der Waals surface area (Å²) in [7, 11) is 0. The van der Waals surface area contributed by atoms with E-state index in [1.807, 2.05) is 60.0 Å². The smallest absolute Gasteiger partial charge is 0.753 e. The number of pyridine rings is 4. The minimum Gasteiger partial charge on any atom is -0.753 e. The van der Waals surface area contributed by atoms with Crippen molar-refractivity contribution >= 4 is 46.8 Å². The molecule has 6 aromatic heterocycles. The van der Waals surface area contributed by atoms with Crippen LogP contribution in [-0.4, -0.2) is 46.3 Å². The number of carboxylic acid groups (broad SMARTS) is 1. The number of aryl methyl sites for hydroxylation is 2. The molecule has 55 heavy (non-hydrogen) atoms. The minimum absolute atomic E-state index is 0. The third-order valence-electron chi connectivity index (χ3n) is 8.11. The second-order valence-corrected chi connectivity index (χ2v) is 13.6. The fourth-order valence-corrected chi connectivity index (χ4v) is 6.29. The van der Waals surface area contributed by atoms with Crippen molar-refractivity contribution in [2.24, 2.45) is 0 Å². The van der Waals surface area contributed by atoms with Crippen LogP contribution < -0.4 is 5.10 Å². The number of thiocarbonyl (C=S) groups is 1. The van der Waals surface area contributed by atoms with E-state index in [-0.39, 0.29) is 25.0 Å². The van der Waals surface area contributed by atoms with E-state index in [2.05, 4.69) is 85.5 Å². The molecule has 0 saturated heterocycles. The number of nitrogens with zero attached hydrogens (tertiary/aromatic N) is 8. The van der Waals surface area contributed by atoms with Gasteiger partial charge in [-0.3, -0.25) is 20.1 Å². The van der Waals surface area contributed by atoms with E-state index in [1.54, 1.807) is 12.3 Å². The molecular formula is C42H44N8O2RuS2. The van der Waals surface area contributed by atoms with Crippen molar-refractivity contribution in [1.82, 2.24) is 35.1 Å². The van der Waals surface area contributed by atoms with E-state index >= 15 is 0 Å². The summed E-state index contributed by atoms with van der Waals surface area (Å²) in [4.78, 5) is 35.7. The molecule has 6 rings (SSSR count). The van der Waals surface area contributed by atoms with Crippen LogP contribution in [0, 0.1) is 0 Å². The number of isothiocyanates is 1. The van der Waals surface area contributed by atoms with Crippen molar-refractivity contribution in [2.45, 2.75) is 78.1 Å². The van der Waals surface area contributed by atoms with E-state index in [0.29, 0.717) is 17.2 Å². The Hall–Kier alpha value is -4.93. The number of carbonyl (C=O) groups is 1. The maximum absolute atomic E-state index is 11.0. The quantitative estimate of drug-likeness (QED) is 0.0431. The van der Waals surface area contributed by atoms with E-state index in [1.165, 1.54) is 84.6 Å². The fraction of sp³-hybridized carbons (Fsp3) is 0.286. The summed E-state index contributed by atoms with van der Waals surface area (Å²) in [5, 5.41) is 26.0. The summed E-state index contributed by atoms with van der Waals surface area (Å²) >= 11 is 5.59. The molecule has 0 bridgehead atoms. The van der Waals surface area contributed by atoms with Crippen molar-refractivity contribution < 1.29 is 29.4 Å². The van der Waals surface area contributed by atoms with Gasteiger partial charge in [-0.2, -0.15) is 5.16 Å². The van der Waals surface area contributed by atoms with Gasteiger partial charge in [0.05, 0.1) is 34.0 Å². The molecule has 6 heterocycles. The summed E-state index contributed by atoms with van der Waals surface area (Å²) < 4.78 is 0. The molecular weight excluding hydrogens is 814 g/mol. The van der Waals surface area contributed by atoms with Crippen molar-refractivity contribution in [3.8, 4) is 34.3 Å². The fourth-order valence-electron chi connectivity index (χ4n) is 5.33. The molecule has 13 heteroatoms. The molecule has 0 radical (unpaired) electrons. The molecule has 0 aliphatic carbocycles. The zero-order valence-electron chi connectivity index (χ0n) is 31.0. The number of hydrogen-bond donors (Lipinski definition) is 1. The van der Waals surface area contributed by atoms with Gasteiger partial charge in [0.2, 0.25) is 0 Å². The Balaban J connectivity index is 0.000000284. The van der Waals surface area contributed by atoms with E-state index < -0.39 is 5.97 Å². The molecule has 284 valence electrons. The van der Waals surface area contributed by atoms with Crippen LogP contribution in [0.4, 0.5) is 0 Å². The average Bonchev–Trinajstić information content (AvgIpc) is 3.89. The van der Waals surface area contributed by atoms with Gasteiger partial charge >= 0.3 is 25.4 Å². The number of hydrogen-bond acceptors (Lipinski definition) is 9. The largest absolute Gasteiger partial charge is 2.00 e. The number of aromatic carboxylic acids is 1. The van der Waals surface area contributed by atoms with Gasteiger partial charge in [-0.1, -0.05) is 82.8 Å². The summed E-state index contributed by atoms with van der Waals surface area (Å²) in [5.74, 6) is 0.467. The maximum atomic E-state index is 11.0. The standard InChI is InChI=1S/C25H33N4S.C16H11N3O2.CNS.Ru/c1-3-5-7-9-11-21-15-16-22(30-21)14-13-20-17-18-26-23(19-20)25-27-24(28-29-25)12-10-8-6-4-2;20-16(21)11-7-9-18-15(10-11)14-6-3-5-13(19-14)12-4-1-2-8-17-12;2-1-3;/h13-19H,3-12H2,1-2H3;1-10H,(H,20,21);;/q-1;;-1;+2/b14-13+;;;. The number of rotatable bonds is 16. The van der Waals surface area contributed by atoms with E-state index in [0.717, 1.165) is 41.3 Å². The molecule has 0 aromatic carbocycles. The molecule has 0 unspecified atom stereocenters. The molecule has 0 spiro atoms. The summed E-state index contributed by atoms with van der Waals surface area (Å²) in [6.45, 7) is 4.48. The predicted molar refractivity (Wildman–Crippen MR) is 221 cm³/mol. The van der Waals surface area contributed by atoms with Gasteiger partial charge in [0.25, 0.3) is 0 Å². The Morgan fingerprint density at radius 3 is 2.15 bits per heavy atom. The van der Waals surface area contributed by atoms with Gasteiger partial charge in [0.1, 0.15) is 0 Å². The van der Waals surface area contributed by atoms with Crippen LogP contribution in [0.25, 0.3) is 51.9 Å². The first-order valence-corrected chi connectivity index (χ1v) is 19.3. The van der Waals surface area contributed by atoms with Crippen LogP contribution in [0.2, 0.25) is 0 Å². The molecule has 0 aliphatic rings. The molecule has 10 nitrogen and oxygen atoms in total. The number of unbranched alkanes of at least 4 members (excludes halogenated alkanes) is 6. The monoisotopic (exact) mass is 858 g/mol. The topological polar surface area (TPSA) is 151 Å². The normalized spacial score (nSPS) is 10.4. The van der Waals surface area contributed by atoms with Gasteiger partial charge in [0, 0.05) is 34.2 Å². The van der Waals surface area contributed by atoms with Gasteiger partial charge in [0.15, 0.2) is 0 Å². The van der Waals surface area contributed by atoms with Crippen molar-refractivity contribution in [2.75, 3.05) is 0 Å². The summed E-state index contributed by atoms with van der Waals surface area (Å²) in [6, 6.07) is 22.6. The molecule has 0 amide bonds. The first-order chi connectivity index (χ1) is 26.4. The van der Waals surface area contributed by atoms with Crippen molar-refractivity contribution in [3.05, 3.63) is 124 Å². The summed E-state index contributed by atoms with van der Waals surface area (Å²) in [5.41, 5.74) is 4.68. The maximum Gasteiger partial charge on any atom is 2.00 e. The number of aromatic nitrogens is 7. The first kappa shape index (κ1) is 44.5. The molecule has 1 N–H and O–H groups in total. The van der Waals surface area contributed by atoms with Crippen LogP contribution in [0.15, 0.2) is 91.4 Å². The Kier molecular flexibility index (Phi) is 20.4. The molecule has 0 saturated carbocycles. The Morgan fingerprint density at radius 1 is 0.764 bits per heavy atom. The van der Waals surface area contributed by atoms with Crippen LogP contribution in [0.3, 0.4) is 0 Å². The Morgan fingerprint density at radius 2 is 1.44 bits per heavy atom. The van der Waals surface area contributed by atoms with Gasteiger partial charge in [-0.25, -0.2) is 9.78 Å². The third-order valence-corrected chi connectivity index (χ3v) is 9.22. The Bertz CT molecular complexity index is 2100. The minimum atomic E-state index is -0.987. The van der Waals surface area contributed by atoms with Crippen LogP contribution in [-0.2, 0) is 32.3 Å².